The number of aromatic nitrogens is 1. The maximum absolute atomic E-state index is 13.4. The molecule has 0 saturated carbocycles. The van der Waals surface area contributed by atoms with Crippen molar-refractivity contribution in [3.63, 3.8) is 0 Å². The molecule has 1 fully saturated rings. The average molecular weight is 453 g/mol. The Morgan fingerprint density at radius 3 is 2.70 bits per heavy atom. The number of benzene rings is 2. The van der Waals surface area contributed by atoms with Crippen molar-refractivity contribution in [2.24, 2.45) is 0 Å². The minimum atomic E-state index is -0.347. The van der Waals surface area contributed by atoms with E-state index < -0.39 is 0 Å². The van der Waals surface area contributed by atoms with Crippen LogP contribution in [0, 0.1) is 5.82 Å². The number of halogens is 1. The third-order valence-electron chi connectivity index (χ3n) is 5.96. The van der Waals surface area contributed by atoms with Crippen molar-refractivity contribution in [3.05, 3.63) is 64.3 Å². The molecular weight excluding hydrogens is 429 g/mol. The highest BCUT2D eigenvalue weighted by Crippen LogP contribution is 2.27. The second-order valence-corrected chi connectivity index (χ2v) is 8.08. The second-order valence-electron chi connectivity index (χ2n) is 8.08. The molecule has 33 heavy (non-hydrogen) atoms. The minimum Gasteiger partial charge on any atom is -0.493 e. The number of ether oxygens (including phenoxy) is 1. The first-order valence-electron chi connectivity index (χ1n) is 10.9. The van der Waals surface area contributed by atoms with Crippen molar-refractivity contribution < 1.29 is 23.2 Å². The number of piperazine rings is 1. The molecule has 1 saturated heterocycles. The fourth-order valence-corrected chi connectivity index (χ4v) is 4.14. The summed E-state index contributed by atoms with van der Waals surface area (Å²) in [4.78, 5) is 16.7. The summed E-state index contributed by atoms with van der Waals surface area (Å²) in [5.41, 5.74) is 0.914. The Balaban J connectivity index is 1.10. The molecule has 172 valence electrons. The number of anilines is 1. The number of fused-ring (bicyclic) bond motifs is 2. The summed E-state index contributed by atoms with van der Waals surface area (Å²) in [5.74, 6) is 1.07. The minimum absolute atomic E-state index is 0.227. The van der Waals surface area contributed by atoms with E-state index >= 15 is 0 Å². The fourth-order valence-electron chi connectivity index (χ4n) is 4.14. The number of nitrogens with zero attached hydrogens (tertiary/aromatic N) is 3. The van der Waals surface area contributed by atoms with Crippen LogP contribution in [0.15, 0.2) is 56.4 Å². The summed E-state index contributed by atoms with van der Waals surface area (Å²) >= 11 is 0. The molecule has 9 heteroatoms. The molecule has 0 aliphatic carbocycles. The molecule has 0 radical (unpaired) electrons. The predicted octanol–water partition coefficient (Wildman–Crippen LogP) is 3.16. The van der Waals surface area contributed by atoms with Crippen LogP contribution in [0.5, 0.6) is 5.75 Å². The zero-order chi connectivity index (χ0) is 22.8. The summed E-state index contributed by atoms with van der Waals surface area (Å²) in [6, 6.07) is 9.60. The van der Waals surface area contributed by atoms with Crippen LogP contribution in [0.25, 0.3) is 21.9 Å². The van der Waals surface area contributed by atoms with Gasteiger partial charge < -0.3 is 23.7 Å². The SMILES string of the molecule is O=c1c(CO)coc2cc(OCCCN3CCN(c4noc5cc(F)ccc45)CC3)ccc12. The molecule has 4 aromatic rings. The Bertz CT molecular complexity index is 1330. The van der Waals surface area contributed by atoms with E-state index in [0.717, 1.165) is 50.3 Å². The van der Waals surface area contributed by atoms with E-state index in [2.05, 4.69) is 15.0 Å². The number of aliphatic hydroxyl groups is 1. The fraction of sp³-hybridized carbons (Fsp3) is 0.333. The number of hydrogen-bond donors (Lipinski definition) is 1. The van der Waals surface area contributed by atoms with Crippen molar-refractivity contribution in [3.8, 4) is 5.75 Å². The van der Waals surface area contributed by atoms with Crippen molar-refractivity contribution >= 4 is 27.8 Å². The third-order valence-corrected chi connectivity index (χ3v) is 5.96. The first kappa shape index (κ1) is 21.4. The van der Waals surface area contributed by atoms with E-state index in [9.17, 15) is 14.3 Å². The number of aliphatic hydroxyl groups excluding tert-OH is 1. The highest BCUT2D eigenvalue weighted by atomic mass is 19.1. The van der Waals surface area contributed by atoms with Crippen LogP contribution in [0.3, 0.4) is 0 Å². The van der Waals surface area contributed by atoms with Crippen molar-refractivity contribution in [2.75, 3.05) is 44.2 Å². The van der Waals surface area contributed by atoms with E-state index in [1.165, 1.54) is 18.4 Å². The van der Waals surface area contributed by atoms with Gasteiger partial charge in [-0.05, 0) is 30.7 Å². The van der Waals surface area contributed by atoms with Gasteiger partial charge in [-0.1, -0.05) is 5.16 Å². The summed E-state index contributed by atoms with van der Waals surface area (Å²) in [6.45, 7) is 4.53. The molecule has 0 spiro atoms. The van der Waals surface area contributed by atoms with Crippen LogP contribution < -0.4 is 15.1 Å². The Morgan fingerprint density at radius 2 is 1.88 bits per heavy atom. The molecule has 1 aliphatic rings. The van der Waals surface area contributed by atoms with Crippen molar-refractivity contribution in [1.82, 2.24) is 10.1 Å². The average Bonchev–Trinajstić information content (AvgIpc) is 3.25. The summed E-state index contributed by atoms with van der Waals surface area (Å²) in [6.07, 6.45) is 2.14. The topological polar surface area (TPSA) is 92.2 Å². The summed E-state index contributed by atoms with van der Waals surface area (Å²) < 4.78 is 29.9. The van der Waals surface area contributed by atoms with Gasteiger partial charge in [-0.25, -0.2) is 4.39 Å². The van der Waals surface area contributed by atoms with Gasteiger partial charge in [-0.15, -0.1) is 0 Å². The Labute approximate surface area is 188 Å². The molecule has 2 aromatic carbocycles. The van der Waals surface area contributed by atoms with Gasteiger partial charge in [-0.3, -0.25) is 9.69 Å². The lowest BCUT2D eigenvalue weighted by atomic mass is 10.2. The zero-order valence-electron chi connectivity index (χ0n) is 18.0. The molecule has 3 heterocycles. The zero-order valence-corrected chi connectivity index (χ0v) is 18.0. The van der Waals surface area contributed by atoms with Crippen molar-refractivity contribution in [1.29, 1.82) is 0 Å². The molecule has 0 unspecified atom stereocenters. The molecule has 0 amide bonds. The van der Waals surface area contributed by atoms with Gasteiger partial charge >= 0.3 is 0 Å². The molecule has 8 nitrogen and oxygen atoms in total. The van der Waals surface area contributed by atoms with Gasteiger partial charge in [0.2, 0.25) is 0 Å². The molecule has 2 aromatic heterocycles. The van der Waals surface area contributed by atoms with Gasteiger partial charge in [0, 0.05) is 44.9 Å². The quantitative estimate of drug-likeness (QED) is 0.427. The molecule has 1 N–H and O–H groups in total. The standard InChI is InChI=1S/C24H24FN3O5/c25-17-2-4-20-22(12-17)33-26-24(20)28-9-7-27(8-10-28)6-1-11-31-18-3-5-19-21(13-18)32-15-16(14-29)23(19)30/h2-5,12-13,15,29H,1,6-11,14H2. The highest BCUT2D eigenvalue weighted by Gasteiger charge is 2.21. The van der Waals surface area contributed by atoms with E-state index in [1.54, 1.807) is 24.3 Å². The van der Waals surface area contributed by atoms with Crippen LogP contribution in [0.4, 0.5) is 10.2 Å². The molecule has 0 atom stereocenters. The molecule has 5 rings (SSSR count). The van der Waals surface area contributed by atoms with Crippen LogP contribution >= 0.6 is 0 Å². The van der Waals surface area contributed by atoms with Gasteiger partial charge in [0.05, 0.1) is 29.5 Å². The lowest BCUT2D eigenvalue weighted by Gasteiger charge is -2.34. The van der Waals surface area contributed by atoms with Crippen LogP contribution in [-0.4, -0.2) is 54.5 Å². The first-order valence-corrected chi connectivity index (χ1v) is 10.9. The third kappa shape index (κ3) is 4.42. The van der Waals surface area contributed by atoms with Gasteiger partial charge in [0.1, 0.15) is 23.4 Å². The van der Waals surface area contributed by atoms with Crippen LogP contribution in [0.2, 0.25) is 0 Å². The van der Waals surface area contributed by atoms with Gasteiger partial charge in [0.15, 0.2) is 16.8 Å². The molecule has 0 bridgehead atoms. The Kier molecular flexibility index (Phi) is 5.97. The summed E-state index contributed by atoms with van der Waals surface area (Å²) in [5, 5.41) is 14.6. The Hall–Kier alpha value is -3.43. The normalized spacial score (nSPS) is 14.9. The van der Waals surface area contributed by atoms with Crippen LogP contribution in [0.1, 0.15) is 12.0 Å². The molecular formula is C24H24FN3O5. The summed E-state index contributed by atoms with van der Waals surface area (Å²) in [7, 11) is 0. The Morgan fingerprint density at radius 1 is 1.06 bits per heavy atom. The second kappa shape index (κ2) is 9.21. The smallest absolute Gasteiger partial charge is 0.198 e. The lowest BCUT2D eigenvalue weighted by molar-refractivity contribution is 0.224. The number of hydrogen-bond acceptors (Lipinski definition) is 8. The predicted molar refractivity (Wildman–Crippen MR) is 121 cm³/mol. The van der Waals surface area contributed by atoms with E-state index in [0.29, 0.717) is 28.9 Å². The van der Waals surface area contributed by atoms with E-state index in [1.807, 2.05) is 0 Å². The van der Waals surface area contributed by atoms with Crippen molar-refractivity contribution in [2.45, 2.75) is 13.0 Å². The largest absolute Gasteiger partial charge is 0.493 e. The van der Waals surface area contributed by atoms with Gasteiger partial charge in [-0.2, -0.15) is 0 Å². The molecule has 1 aliphatic heterocycles. The monoisotopic (exact) mass is 453 g/mol. The maximum atomic E-state index is 13.4. The van der Waals surface area contributed by atoms with E-state index in [4.69, 9.17) is 13.7 Å². The van der Waals surface area contributed by atoms with Gasteiger partial charge in [0.25, 0.3) is 0 Å². The maximum Gasteiger partial charge on any atom is 0.198 e. The number of rotatable bonds is 7. The first-order chi connectivity index (χ1) is 16.1. The lowest BCUT2D eigenvalue weighted by Crippen LogP contribution is -2.47. The van der Waals surface area contributed by atoms with E-state index in [-0.39, 0.29) is 23.4 Å². The van der Waals surface area contributed by atoms with Crippen LogP contribution in [-0.2, 0) is 6.61 Å². The highest BCUT2D eigenvalue weighted by molar-refractivity contribution is 5.88.